The van der Waals surface area contributed by atoms with Gasteiger partial charge in [-0.1, -0.05) is 18.2 Å². The summed E-state index contributed by atoms with van der Waals surface area (Å²) in [4.78, 5) is 0. The Hall–Kier alpha value is -1.16. The molecule has 0 aliphatic carbocycles. The predicted molar refractivity (Wildman–Crippen MR) is 48.5 cm³/mol. The van der Waals surface area contributed by atoms with E-state index in [9.17, 15) is 8.78 Å². The van der Waals surface area contributed by atoms with Crippen LogP contribution in [0, 0.1) is 0 Å². The van der Waals surface area contributed by atoms with E-state index < -0.39 is 6.61 Å². The Morgan fingerprint density at radius 3 is 2.64 bits per heavy atom. The lowest BCUT2D eigenvalue weighted by molar-refractivity contribution is -0.0504. The zero-order chi connectivity index (χ0) is 10.4. The van der Waals surface area contributed by atoms with Gasteiger partial charge in [-0.05, 0) is 24.5 Å². The average Bonchev–Trinajstić information content (AvgIpc) is 2.16. The SMILES string of the molecule is OCCCc1ccccc1OC(F)F. The summed E-state index contributed by atoms with van der Waals surface area (Å²) in [5.41, 5.74) is 0.696. The summed E-state index contributed by atoms with van der Waals surface area (Å²) < 4.78 is 28.2. The van der Waals surface area contributed by atoms with Crippen molar-refractivity contribution in [2.45, 2.75) is 19.5 Å². The molecule has 2 nitrogen and oxygen atoms in total. The summed E-state index contributed by atoms with van der Waals surface area (Å²) in [6.07, 6.45) is 1.09. The quantitative estimate of drug-likeness (QED) is 0.793. The molecule has 0 heterocycles. The summed E-state index contributed by atoms with van der Waals surface area (Å²) in [5.74, 6) is 0.191. The summed E-state index contributed by atoms with van der Waals surface area (Å²) >= 11 is 0. The van der Waals surface area contributed by atoms with Crippen molar-refractivity contribution in [1.29, 1.82) is 0 Å². The highest BCUT2D eigenvalue weighted by Gasteiger charge is 2.07. The first-order valence-electron chi connectivity index (χ1n) is 4.37. The van der Waals surface area contributed by atoms with Crippen molar-refractivity contribution in [2.75, 3.05) is 6.61 Å². The lowest BCUT2D eigenvalue weighted by Crippen LogP contribution is -2.04. The van der Waals surface area contributed by atoms with Crippen molar-refractivity contribution < 1.29 is 18.6 Å². The fraction of sp³-hybridized carbons (Fsp3) is 0.400. The Labute approximate surface area is 81.1 Å². The lowest BCUT2D eigenvalue weighted by atomic mass is 10.1. The second-order valence-electron chi connectivity index (χ2n) is 2.81. The second kappa shape index (κ2) is 5.54. The van der Waals surface area contributed by atoms with Crippen LogP contribution < -0.4 is 4.74 Å². The molecule has 0 atom stereocenters. The minimum Gasteiger partial charge on any atom is -0.435 e. The van der Waals surface area contributed by atoms with Crippen molar-refractivity contribution >= 4 is 0 Å². The molecule has 0 aliphatic rings. The minimum absolute atomic E-state index is 0.0447. The first kappa shape index (κ1) is 10.9. The Bertz CT molecular complexity index is 277. The molecule has 0 saturated carbocycles. The molecule has 0 bridgehead atoms. The Kier molecular flexibility index (Phi) is 4.32. The van der Waals surface area contributed by atoms with Crippen LogP contribution in [0.2, 0.25) is 0 Å². The van der Waals surface area contributed by atoms with Crippen LogP contribution in [0.15, 0.2) is 24.3 Å². The van der Waals surface area contributed by atoms with Crippen LogP contribution in [0.4, 0.5) is 8.78 Å². The lowest BCUT2D eigenvalue weighted by Gasteiger charge is -2.09. The third-order valence-corrected chi connectivity index (χ3v) is 1.79. The van der Waals surface area contributed by atoms with E-state index in [0.717, 1.165) is 0 Å². The molecule has 0 spiro atoms. The van der Waals surface area contributed by atoms with E-state index in [1.54, 1.807) is 18.2 Å². The number of halogens is 2. The van der Waals surface area contributed by atoms with Crippen LogP contribution in [0.1, 0.15) is 12.0 Å². The van der Waals surface area contributed by atoms with Crippen LogP contribution in [-0.2, 0) is 6.42 Å². The number of benzene rings is 1. The first-order chi connectivity index (χ1) is 6.74. The van der Waals surface area contributed by atoms with Gasteiger partial charge in [0, 0.05) is 6.61 Å². The van der Waals surface area contributed by atoms with Gasteiger partial charge in [-0.2, -0.15) is 8.78 Å². The zero-order valence-corrected chi connectivity index (χ0v) is 7.62. The standard InChI is InChI=1S/C10H12F2O2/c11-10(12)14-9-6-2-1-4-8(9)5-3-7-13/h1-2,4,6,10,13H,3,5,7H2. The van der Waals surface area contributed by atoms with Gasteiger partial charge in [0.15, 0.2) is 0 Å². The van der Waals surface area contributed by atoms with Crippen LogP contribution >= 0.6 is 0 Å². The van der Waals surface area contributed by atoms with E-state index in [-0.39, 0.29) is 12.4 Å². The van der Waals surface area contributed by atoms with E-state index >= 15 is 0 Å². The van der Waals surface area contributed by atoms with Crippen LogP contribution in [0.25, 0.3) is 0 Å². The topological polar surface area (TPSA) is 29.5 Å². The van der Waals surface area contributed by atoms with E-state index in [1.165, 1.54) is 6.07 Å². The van der Waals surface area contributed by atoms with E-state index in [2.05, 4.69) is 4.74 Å². The van der Waals surface area contributed by atoms with Gasteiger partial charge in [0.2, 0.25) is 0 Å². The van der Waals surface area contributed by atoms with Gasteiger partial charge in [-0.15, -0.1) is 0 Å². The molecule has 1 aromatic carbocycles. The minimum atomic E-state index is -2.80. The van der Waals surface area contributed by atoms with E-state index in [4.69, 9.17) is 5.11 Å². The van der Waals surface area contributed by atoms with Crippen molar-refractivity contribution in [1.82, 2.24) is 0 Å². The van der Waals surface area contributed by atoms with Gasteiger partial charge in [0.05, 0.1) is 0 Å². The number of ether oxygens (including phenoxy) is 1. The van der Waals surface area contributed by atoms with Gasteiger partial charge in [0.25, 0.3) is 0 Å². The predicted octanol–water partition coefficient (Wildman–Crippen LogP) is 2.21. The number of aryl methyl sites for hydroxylation is 1. The van der Waals surface area contributed by atoms with Crippen molar-refractivity contribution in [3.05, 3.63) is 29.8 Å². The summed E-state index contributed by atoms with van der Waals surface area (Å²) in [6.45, 7) is -2.76. The number of para-hydroxylation sites is 1. The van der Waals surface area contributed by atoms with Crippen LogP contribution in [0.3, 0.4) is 0 Å². The molecule has 0 saturated heterocycles. The van der Waals surface area contributed by atoms with Crippen molar-refractivity contribution in [2.24, 2.45) is 0 Å². The summed E-state index contributed by atoms with van der Waals surface area (Å²) in [6, 6.07) is 6.61. The van der Waals surface area contributed by atoms with Gasteiger partial charge < -0.3 is 9.84 Å². The number of aliphatic hydroxyl groups is 1. The van der Waals surface area contributed by atoms with Crippen molar-refractivity contribution in [3.63, 3.8) is 0 Å². The highest BCUT2D eigenvalue weighted by Crippen LogP contribution is 2.21. The molecule has 78 valence electrons. The van der Waals surface area contributed by atoms with E-state index in [0.29, 0.717) is 18.4 Å². The molecule has 0 radical (unpaired) electrons. The molecule has 4 heteroatoms. The van der Waals surface area contributed by atoms with Gasteiger partial charge in [0.1, 0.15) is 5.75 Å². The fourth-order valence-electron chi connectivity index (χ4n) is 1.19. The maximum absolute atomic E-state index is 12.0. The fourth-order valence-corrected chi connectivity index (χ4v) is 1.19. The molecule has 1 N–H and O–H groups in total. The second-order valence-corrected chi connectivity index (χ2v) is 2.81. The smallest absolute Gasteiger partial charge is 0.387 e. The normalized spacial score (nSPS) is 10.6. The molecule has 0 amide bonds. The molecule has 0 fully saturated rings. The Balaban J connectivity index is 2.69. The van der Waals surface area contributed by atoms with Gasteiger partial charge in [-0.3, -0.25) is 0 Å². The molecule has 0 aromatic heterocycles. The number of hydrogen-bond acceptors (Lipinski definition) is 2. The number of alkyl halides is 2. The summed E-state index contributed by atoms with van der Waals surface area (Å²) in [5, 5.41) is 8.61. The molecule has 0 unspecified atom stereocenters. The average molecular weight is 202 g/mol. The van der Waals surface area contributed by atoms with E-state index in [1.807, 2.05) is 0 Å². The Morgan fingerprint density at radius 2 is 2.00 bits per heavy atom. The number of aliphatic hydroxyl groups excluding tert-OH is 1. The monoisotopic (exact) mass is 202 g/mol. The van der Waals surface area contributed by atoms with Gasteiger partial charge in [-0.25, -0.2) is 0 Å². The molecule has 1 rings (SSSR count). The maximum atomic E-state index is 12.0. The highest BCUT2D eigenvalue weighted by atomic mass is 19.3. The third kappa shape index (κ3) is 3.30. The highest BCUT2D eigenvalue weighted by molar-refractivity contribution is 5.33. The Morgan fingerprint density at radius 1 is 1.29 bits per heavy atom. The van der Waals surface area contributed by atoms with Crippen molar-refractivity contribution in [3.8, 4) is 5.75 Å². The molecular weight excluding hydrogens is 190 g/mol. The molecule has 1 aromatic rings. The maximum Gasteiger partial charge on any atom is 0.387 e. The molecule has 14 heavy (non-hydrogen) atoms. The first-order valence-corrected chi connectivity index (χ1v) is 4.37. The summed E-state index contributed by atoms with van der Waals surface area (Å²) in [7, 11) is 0. The van der Waals surface area contributed by atoms with Crippen LogP contribution in [-0.4, -0.2) is 18.3 Å². The molecule has 0 aliphatic heterocycles. The van der Waals surface area contributed by atoms with Gasteiger partial charge >= 0.3 is 6.61 Å². The number of hydrogen-bond donors (Lipinski definition) is 1. The number of rotatable bonds is 5. The molecular formula is C10H12F2O2. The third-order valence-electron chi connectivity index (χ3n) is 1.79. The largest absolute Gasteiger partial charge is 0.435 e. The van der Waals surface area contributed by atoms with Crippen LogP contribution in [0.5, 0.6) is 5.75 Å². The zero-order valence-electron chi connectivity index (χ0n) is 7.62.